The summed E-state index contributed by atoms with van der Waals surface area (Å²) in [5, 5.41) is 13.8. The SMILES string of the molecule is CC(CCNC(=O)c1ccc(N2CCCC2)nc1)CC(=O)NCC#N. The summed E-state index contributed by atoms with van der Waals surface area (Å²) in [6.07, 6.45) is 5.05. The van der Waals surface area contributed by atoms with Crippen LogP contribution < -0.4 is 15.5 Å². The van der Waals surface area contributed by atoms with Gasteiger partial charge in [0, 0.05) is 32.3 Å². The van der Waals surface area contributed by atoms with E-state index in [1.54, 1.807) is 12.3 Å². The molecular weight excluding hydrogens is 318 g/mol. The maximum Gasteiger partial charge on any atom is 0.252 e. The molecule has 1 fully saturated rings. The van der Waals surface area contributed by atoms with Crippen molar-refractivity contribution in [1.29, 1.82) is 5.26 Å². The molecule has 1 atom stereocenters. The Morgan fingerprint density at radius 1 is 1.32 bits per heavy atom. The summed E-state index contributed by atoms with van der Waals surface area (Å²) in [5.41, 5.74) is 0.544. The molecule has 1 aromatic heterocycles. The standard InChI is InChI=1S/C18H25N5O2/c1-14(12-17(24)20-9-7-19)6-8-21-18(25)15-4-5-16(22-13-15)23-10-2-3-11-23/h4-5,13-14H,2-3,6,8-12H2,1H3,(H,20,24)(H,21,25). The highest BCUT2D eigenvalue weighted by atomic mass is 16.2. The summed E-state index contributed by atoms with van der Waals surface area (Å²) in [6, 6.07) is 5.56. The van der Waals surface area contributed by atoms with Crippen molar-refractivity contribution < 1.29 is 9.59 Å². The van der Waals surface area contributed by atoms with Crippen LogP contribution in [0.4, 0.5) is 5.82 Å². The number of nitrogens with one attached hydrogen (secondary N) is 2. The molecular formula is C18H25N5O2. The van der Waals surface area contributed by atoms with Crippen LogP contribution in [0.1, 0.15) is 43.0 Å². The molecule has 2 rings (SSSR count). The second kappa shape index (κ2) is 9.62. The van der Waals surface area contributed by atoms with E-state index in [0.717, 1.165) is 18.9 Å². The predicted octanol–water partition coefficient (Wildman–Crippen LogP) is 1.47. The maximum atomic E-state index is 12.1. The number of carbonyl (C=O) groups excluding carboxylic acids is 2. The smallest absolute Gasteiger partial charge is 0.252 e. The number of rotatable bonds is 8. The van der Waals surface area contributed by atoms with Gasteiger partial charge in [-0.15, -0.1) is 0 Å². The maximum absolute atomic E-state index is 12.1. The Bertz CT molecular complexity index is 617. The monoisotopic (exact) mass is 343 g/mol. The van der Waals surface area contributed by atoms with Gasteiger partial charge in [0.1, 0.15) is 12.4 Å². The molecule has 0 radical (unpaired) electrons. The lowest BCUT2D eigenvalue weighted by molar-refractivity contribution is -0.121. The molecule has 1 aliphatic rings. The minimum atomic E-state index is -0.151. The number of hydrogen-bond donors (Lipinski definition) is 2. The van der Waals surface area contributed by atoms with E-state index >= 15 is 0 Å². The largest absolute Gasteiger partial charge is 0.357 e. The fraction of sp³-hybridized carbons (Fsp3) is 0.556. The number of aromatic nitrogens is 1. The topological polar surface area (TPSA) is 98.1 Å². The Morgan fingerprint density at radius 2 is 2.08 bits per heavy atom. The first kappa shape index (κ1) is 18.7. The minimum Gasteiger partial charge on any atom is -0.357 e. The number of amides is 2. The third kappa shape index (κ3) is 6.07. The molecule has 2 heterocycles. The molecule has 1 saturated heterocycles. The summed E-state index contributed by atoms with van der Waals surface area (Å²) in [5.74, 6) is 0.768. The predicted molar refractivity (Wildman–Crippen MR) is 95.0 cm³/mol. The van der Waals surface area contributed by atoms with Crippen LogP contribution in [0.5, 0.6) is 0 Å². The van der Waals surface area contributed by atoms with Gasteiger partial charge in [-0.1, -0.05) is 6.92 Å². The summed E-state index contributed by atoms with van der Waals surface area (Å²) in [7, 11) is 0. The first-order valence-electron chi connectivity index (χ1n) is 8.73. The lowest BCUT2D eigenvalue weighted by atomic mass is 10.0. The van der Waals surface area contributed by atoms with Gasteiger partial charge in [-0.2, -0.15) is 5.26 Å². The third-order valence-electron chi connectivity index (χ3n) is 4.26. The van der Waals surface area contributed by atoms with Gasteiger partial charge < -0.3 is 15.5 Å². The fourth-order valence-electron chi connectivity index (χ4n) is 2.82. The van der Waals surface area contributed by atoms with E-state index in [1.807, 2.05) is 19.1 Å². The molecule has 0 spiro atoms. The molecule has 1 aliphatic heterocycles. The Morgan fingerprint density at radius 3 is 2.72 bits per heavy atom. The molecule has 0 saturated carbocycles. The minimum absolute atomic E-state index is 0.0305. The van der Waals surface area contributed by atoms with E-state index < -0.39 is 0 Å². The first-order chi connectivity index (χ1) is 12.1. The highest BCUT2D eigenvalue weighted by molar-refractivity contribution is 5.94. The number of nitrogens with zero attached hydrogens (tertiary/aromatic N) is 3. The lowest BCUT2D eigenvalue weighted by Gasteiger charge is -2.16. The molecule has 7 nitrogen and oxygen atoms in total. The van der Waals surface area contributed by atoms with Gasteiger partial charge >= 0.3 is 0 Å². The summed E-state index contributed by atoms with van der Waals surface area (Å²) >= 11 is 0. The summed E-state index contributed by atoms with van der Waals surface area (Å²) < 4.78 is 0. The van der Waals surface area contributed by atoms with Crippen molar-refractivity contribution in [3.63, 3.8) is 0 Å². The molecule has 0 aromatic carbocycles. The van der Waals surface area contributed by atoms with Crippen LogP contribution in [0.15, 0.2) is 18.3 Å². The second-order valence-corrected chi connectivity index (χ2v) is 6.39. The Hall–Kier alpha value is -2.62. The van der Waals surface area contributed by atoms with Gasteiger partial charge in [0.25, 0.3) is 5.91 Å². The van der Waals surface area contributed by atoms with Crippen molar-refractivity contribution in [2.24, 2.45) is 5.92 Å². The number of anilines is 1. The van der Waals surface area contributed by atoms with Crippen molar-refractivity contribution in [3.8, 4) is 6.07 Å². The molecule has 0 aliphatic carbocycles. The van der Waals surface area contributed by atoms with Gasteiger partial charge in [0.2, 0.25) is 5.91 Å². The van der Waals surface area contributed by atoms with Crippen LogP contribution in [0.2, 0.25) is 0 Å². The number of pyridine rings is 1. The van der Waals surface area contributed by atoms with Gasteiger partial charge in [-0.05, 0) is 37.3 Å². The molecule has 1 unspecified atom stereocenters. The normalized spacial score (nSPS) is 14.6. The molecule has 134 valence electrons. The number of carbonyl (C=O) groups is 2. The van der Waals surface area contributed by atoms with Crippen LogP contribution >= 0.6 is 0 Å². The van der Waals surface area contributed by atoms with Crippen LogP contribution in [0.3, 0.4) is 0 Å². The van der Waals surface area contributed by atoms with Gasteiger partial charge in [0.05, 0.1) is 11.6 Å². The summed E-state index contributed by atoms with van der Waals surface area (Å²) in [6.45, 7) is 4.53. The summed E-state index contributed by atoms with van der Waals surface area (Å²) in [4.78, 5) is 30.3. The zero-order chi connectivity index (χ0) is 18.1. The molecule has 25 heavy (non-hydrogen) atoms. The highest BCUT2D eigenvalue weighted by Crippen LogP contribution is 2.17. The zero-order valence-electron chi connectivity index (χ0n) is 14.6. The van der Waals surface area contributed by atoms with E-state index in [2.05, 4.69) is 20.5 Å². The van der Waals surface area contributed by atoms with Crippen molar-refractivity contribution in [3.05, 3.63) is 23.9 Å². The highest BCUT2D eigenvalue weighted by Gasteiger charge is 2.14. The van der Waals surface area contributed by atoms with Crippen LogP contribution in [0, 0.1) is 17.2 Å². The molecule has 0 bridgehead atoms. The van der Waals surface area contributed by atoms with Gasteiger partial charge in [-0.3, -0.25) is 9.59 Å². The van der Waals surface area contributed by atoms with E-state index in [0.29, 0.717) is 24.9 Å². The lowest BCUT2D eigenvalue weighted by Crippen LogP contribution is -2.28. The van der Waals surface area contributed by atoms with Crippen LogP contribution in [-0.4, -0.2) is 43.0 Å². The van der Waals surface area contributed by atoms with E-state index in [4.69, 9.17) is 5.26 Å². The first-order valence-corrected chi connectivity index (χ1v) is 8.73. The molecule has 2 amide bonds. The van der Waals surface area contributed by atoms with Crippen LogP contribution in [-0.2, 0) is 4.79 Å². The van der Waals surface area contributed by atoms with Crippen LogP contribution in [0.25, 0.3) is 0 Å². The van der Waals surface area contributed by atoms with Crippen molar-refractivity contribution in [1.82, 2.24) is 15.6 Å². The molecule has 2 N–H and O–H groups in total. The second-order valence-electron chi connectivity index (χ2n) is 6.39. The van der Waals surface area contributed by atoms with E-state index in [9.17, 15) is 9.59 Å². The third-order valence-corrected chi connectivity index (χ3v) is 4.26. The Balaban J connectivity index is 1.71. The fourth-order valence-corrected chi connectivity index (χ4v) is 2.82. The Kier molecular flexibility index (Phi) is 7.20. The van der Waals surface area contributed by atoms with Gasteiger partial charge in [0.15, 0.2) is 0 Å². The number of hydrogen-bond acceptors (Lipinski definition) is 5. The molecule has 1 aromatic rings. The quantitative estimate of drug-likeness (QED) is 0.697. The molecule has 7 heteroatoms. The average Bonchev–Trinajstić information content (AvgIpc) is 3.14. The van der Waals surface area contributed by atoms with Crippen molar-refractivity contribution >= 4 is 17.6 Å². The van der Waals surface area contributed by atoms with E-state index in [-0.39, 0.29) is 24.3 Å². The average molecular weight is 343 g/mol. The van der Waals surface area contributed by atoms with Gasteiger partial charge in [-0.25, -0.2) is 4.98 Å². The van der Waals surface area contributed by atoms with Crippen molar-refractivity contribution in [2.75, 3.05) is 31.1 Å². The number of nitriles is 1. The van der Waals surface area contributed by atoms with E-state index in [1.165, 1.54) is 12.8 Å². The Labute approximate surface area is 148 Å². The zero-order valence-corrected chi connectivity index (χ0v) is 14.6. The van der Waals surface area contributed by atoms with Crippen molar-refractivity contribution in [2.45, 2.75) is 32.6 Å².